The molecule has 168 valence electrons. The maximum atomic E-state index is 12.2. The molecule has 3 N–H and O–H groups in total. The number of nitrogens with zero attached hydrogens (tertiary/aromatic N) is 1. The first-order chi connectivity index (χ1) is 16.0. The normalized spacial score (nSPS) is 14.0. The Bertz CT molecular complexity index is 1160. The third-order valence-corrected chi connectivity index (χ3v) is 6.21. The van der Waals surface area contributed by atoms with Gasteiger partial charge in [0.1, 0.15) is 12.7 Å². The average molecular weight is 463 g/mol. The fraction of sp³-hybridized carbons (Fsp3) is 0.231. The molecule has 3 aromatic rings. The molecule has 0 saturated carbocycles. The zero-order valence-corrected chi connectivity index (χ0v) is 18.5. The van der Waals surface area contributed by atoms with Crippen LogP contribution in [0.5, 0.6) is 0 Å². The molecule has 0 radical (unpaired) electrons. The van der Waals surface area contributed by atoms with Crippen molar-refractivity contribution >= 4 is 17.7 Å². The van der Waals surface area contributed by atoms with Crippen molar-refractivity contribution in [3.63, 3.8) is 0 Å². The lowest BCUT2D eigenvalue weighted by Crippen LogP contribution is -2.30. The molecule has 7 heteroatoms. The summed E-state index contributed by atoms with van der Waals surface area (Å²) in [4.78, 5) is 12.2. The molecule has 0 aliphatic heterocycles. The van der Waals surface area contributed by atoms with Crippen LogP contribution in [0.15, 0.2) is 66.7 Å². The lowest BCUT2D eigenvalue weighted by atomic mass is 9.98. The summed E-state index contributed by atoms with van der Waals surface area (Å²) in [5.74, 6) is -0.0369. The number of ether oxygens (including phenoxy) is 1. The number of carbonyl (C=O) groups is 1. The minimum Gasteiger partial charge on any atom is -0.449 e. The summed E-state index contributed by atoms with van der Waals surface area (Å²) in [6.07, 6.45) is -2.97. The molecule has 0 aromatic heterocycles. The Morgan fingerprint density at radius 1 is 1.06 bits per heavy atom. The zero-order valence-electron chi connectivity index (χ0n) is 17.7. The van der Waals surface area contributed by atoms with E-state index in [0.29, 0.717) is 5.56 Å². The van der Waals surface area contributed by atoms with Gasteiger partial charge in [0.15, 0.2) is 0 Å². The van der Waals surface area contributed by atoms with Crippen LogP contribution >= 0.6 is 11.6 Å². The van der Waals surface area contributed by atoms with Gasteiger partial charge < -0.3 is 20.3 Å². The van der Waals surface area contributed by atoms with E-state index in [-0.39, 0.29) is 36.1 Å². The lowest BCUT2D eigenvalue weighted by molar-refractivity contribution is 0.0137. The summed E-state index contributed by atoms with van der Waals surface area (Å²) in [6, 6.07) is 22.6. The van der Waals surface area contributed by atoms with Crippen LogP contribution in [0.1, 0.15) is 40.7 Å². The van der Waals surface area contributed by atoms with E-state index in [4.69, 9.17) is 21.6 Å². The van der Waals surface area contributed by atoms with Gasteiger partial charge in [0.2, 0.25) is 0 Å². The van der Waals surface area contributed by atoms with Gasteiger partial charge in [0, 0.05) is 23.0 Å². The summed E-state index contributed by atoms with van der Waals surface area (Å²) in [7, 11) is 0. The maximum absolute atomic E-state index is 12.2. The van der Waals surface area contributed by atoms with Crippen LogP contribution in [0.2, 0.25) is 5.02 Å². The fourth-order valence-electron chi connectivity index (χ4n) is 4.18. The van der Waals surface area contributed by atoms with Crippen molar-refractivity contribution in [2.45, 2.75) is 24.5 Å². The molecule has 4 rings (SSSR count). The van der Waals surface area contributed by atoms with Crippen molar-refractivity contribution in [2.24, 2.45) is 0 Å². The molecule has 2 unspecified atom stereocenters. The molecule has 0 heterocycles. The first kappa shape index (κ1) is 22.8. The van der Waals surface area contributed by atoms with Crippen LogP contribution in [0.3, 0.4) is 0 Å². The van der Waals surface area contributed by atoms with Gasteiger partial charge in [0.25, 0.3) is 0 Å². The predicted octanol–water partition coefficient (Wildman–Crippen LogP) is 4.53. The quantitative estimate of drug-likeness (QED) is 0.478. The van der Waals surface area contributed by atoms with Gasteiger partial charge in [-0.1, -0.05) is 60.1 Å². The van der Waals surface area contributed by atoms with Crippen molar-refractivity contribution in [2.75, 3.05) is 13.2 Å². The SMILES string of the molecule is N#Cc1ccc(Cl)c(C(O)C(O)CCNC(=O)OCC2c3ccccc3-c3ccccc32)c1. The largest absolute Gasteiger partial charge is 0.449 e. The van der Waals surface area contributed by atoms with E-state index in [0.717, 1.165) is 22.3 Å². The highest BCUT2D eigenvalue weighted by Crippen LogP contribution is 2.44. The summed E-state index contributed by atoms with van der Waals surface area (Å²) < 4.78 is 5.46. The second-order valence-electron chi connectivity index (χ2n) is 7.90. The first-order valence-corrected chi connectivity index (χ1v) is 11.0. The van der Waals surface area contributed by atoms with Crippen molar-refractivity contribution in [1.29, 1.82) is 5.26 Å². The number of hydrogen-bond acceptors (Lipinski definition) is 5. The number of halogens is 1. The molecule has 1 aliphatic rings. The van der Waals surface area contributed by atoms with Crippen molar-refractivity contribution < 1.29 is 19.7 Å². The Kier molecular flexibility index (Phi) is 6.95. The molecule has 0 fully saturated rings. The average Bonchev–Trinajstić information content (AvgIpc) is 3.16. The van der Waals surface area contributed by atoms with E-state index >= 15 is 0 Å². The number of fused-ring (bicyclic) bond motifs is 3. The molecule has 0 bridgehead atoms. The van der Waals surface area contributed by atoms with E-state index in [2.05, 4.69) is 17.4 Å². The van der Waals surface area contributed by atoms with E-state index < -0.39 is 18.3 Å². The molecule has 0 saturated heterocycles. The van der Waals surface area contributed by atoms with Crippen LogP contribution in [-0.2, 0) is 4.74 Å². The Hall–Kier alpha value is -3.37. The van der Waals surface area contributed by atoms with Crippen LogP contribution in [0.4, 0.5) is 4.79 Å². The predicted molar refractivity (Wildman–Crippen MR) is 125 cm³/mol. The van der Waals surface area contributed by atoms with Crippen molar-refractivity contribution in [1.82, 2.24) is 5.32 Å². The van der Waals surface area contributed by atoms with E-state index in [9.17, 15) is 15.0 Å². The highest BCUT2D eigenvalue weighted by molar-refractivity contribution is 6.31. The number of nitrogens with one attached hydrogen (secondary N) is 1. The summed E-state index contributed by atoms with van der Waals surface area (Å²) in [5, 5.41) is 32.6. The molecule has 6 nitrogen and oxygen atoms in total. The highest BCUT2D eigenvalue weighted by Gasteiger charge is 2.29. The third kappa shape index (κ3) is 4.86. The molecule has 1 amide bonds. The first-order valence-electron chi connectivity index (χ1n) is 10.6. The molecule has 33 heavy (non-hydrogen) atoms. The molecule has 3 aromatic carbocycles. The molecular weight excluding hydrogens is 440 g/mol. The van der Waals surface area contributed by atoms with E-state index in [1.807, 2.05) is 42.5 Å². The van der Waals surface area contributed by atoms with Gasteiger partial charge in [-0.3, -0.25) is 0 Å². The van der Waals surface area contributed by atoms with Gasteiger partial charge in [0.05, 0.1) is 17.7 Å². The number of carbonyl (C=O) groups excluding carboxylic acids is 1. The summed E-state index contributed by atoms with van der Waals surface area (Å²) in [6.45, 7) is 0.298. The molecular formula is C26H23ClN2O4. The number of benzene rings is 3. The lowest BCUT2D eigenvalue weighted by Gasteiger charge is -2.20. The second-order valence-corrected chi connectivity index (χ2v) is 8.31. The Morgan fingerprint density at radius 2 is 1.70 bits per heavy atom. The maximum Gasteiger partial charge on any atom is 0.407 e. The number of amides is 1. The Balaban J connectivity index is 1.30. The molecule has 1 aliphatic carbocycles. The number of hydrogen-bond donors (Lipinski definition) is 3. The zero-order chi connectivity index (χ0) is 23.4. The number of alkyl carbamates (subject to hydrolysis) is 1. The standard InChI is InChI=1S/C26H23ClN2O4/c27-23-10-9-16(14-28)13-21(23)25(31)24(30)11-12-29-26(32)33-15-22-19-7-3-1-5-17(19)18-6-2-4-8-20(18)22/h1-10,13,22,24-25,30-31H,11-12,15H2,(H,29,32). The Labute approximate surface area is 197 Å². The van der Waals surface area contributed by atoms with Crippen molar-refractivity contribution in [3.8, 4) is 17.2 Å². The van der Waals surface area contributed by atoms with Crippen molar-refractivity contribution in [3.05, 3.63) is 94.0 Å². The van der Waals surface area contributed by atoms with E-state index in [1.165, 1.54) is 18.2 Å². The molecule has 2 atom stereocenters. The topological polar surface area (TPSA) is 103 Å². The van der Waals surface area contributed by atoms with Gasteiger partial charge in [-0.2, -0.15) is 5.26 Å². The van der Waals surface area contributed by atoms with Crippen LogP contribution in [-0.4, -0.2) is 35.6 Å². The number of nitriles is 1. The molecule has 0 spiro atoms. The minimum atomic E-state index is -1.28. The van der Waals surface area contributed by atoms with Gasteiger partial charge in [-0.05, 0) is 46.9 Å². The summed E-state index contributed by atoms with van der Waals surface area (Å²) in [5.41, 5.74) is 5.15. The Morgan fingerprint density at radius 3 is 2.33 bits per heavy atom. The smallest absolute Gasteiger partial charge is 0.407 e. The monoisotopic (exact) mass is 462 g/mol. The van der Waals surface area contributed by atoms with Gasteiger partial charge in [-0.25, -0.2) is 4.79 Å². The van der Waals surface area contributed by atoms with Crippen LogP contribution < -0.4 is 5.32 Å². The van der Waals surface area contributed by atoms with Gasteiger partial charge >= 0.3 is 6.09 Å². The second kappa shape index (κ2) is 10.1. The number of aliphatic hydroxyl groups is 2. The number of aliphatic hydroxyl groups excluding tert-OH is 2. The van der Waals surface area contributed by atoms with E-state index in [1.54, 1.807) is 0 Å². The third-order valence-electron chi connectivity index (χ3n) is 5.86. The number of rotatable bonds is 7. The van der Waals surface area contributed by atoms with Gasteiger partial charge in [-0.15, -0.1) is 0 Å². The minimum absolute atomic E-state index is 0.0369. The van der Waals surface area contributed by atoms with Crippen LogP contribution in [0.25, 0.3) is 11.1 Å². The highest BCUT2D eigenvalue weighted by atomic mass is 35.5. The van der Waals surface area contributed by atoms with Crippen LogP contribution in [0, 0.1) is 11.3 Å². The fourth-order valence-corrected chi connectivity index (χ4v) is 4.41. The summed E-state index contributed by atoms with van der Waals surface area (Å²) >= 11 is 6.08.